The maximum Gasteiger partial charge on any atom is 0.225 e. The molecule has 0 atom stereocenters. The van der Waals surface area contributed by atoms with Crippen molar-refractivity contribution in [3.8, 4) is 0 Å². The number of thiophene rings is 2. The normalized spacial score (nSPS) is 14.6. The first kappa shape index (κ1) is 33.8. The minimum atomic E-state index is 0. The van der Waals surface area contributed by atoms with Crippen molar-refractivity contribution in [3.05, 3.63) is 107 Å². The Morgan fingerprint density at radius 3 is 1.30 bits per heavy atom. The molecule has 0 radical (unpaired) electrons. The summed E-state index contributed by atoms with van der Waals surface area (Å²) in [5.41, 5.74) is 8.17. The van der Waals surface area contributed by atoms with Gasteiger partial charge >= 0.3 is 0 Å². The van der Waals surface area contributed by atoms with Crippen molar-refractivity contribution in [3.63, 3.8) is 0 Å². The maximum atomic E-state index is 2.55. The van der Waals surface area contributed by atoms with Crippen LogP contribution in [0.1, 0.15) is 36.8 Å². The van der Waals surface area contributed by atoms with E-state index in [1.165, 1.54) is 105 Å². The van der Waals surface area contributed by atoms with Crippen molar-refractivity contribution >= 4 is 76.1 Å². The molecule has 2 aromatic carbocycles. The van der Waals surface area contributed by atoms with Crippen molar-refractivity contribution in [2.75, 3.05) is 36.0 Å². The van der Waals surface area contributed by atoms with Crippen molar-refractivity contribution in [1.29, 1.82) is 0 Å². The van der Waals surface area contributed by atoms with Gasteiger partial charge in [-0.2, -0.15) is 9.13 Å². The smallest absolute Gasteiger partial charge is 0.225 e. The van der Waals surface area contributed by atoms with Gasteiger partial charge in [0.25, 0.3) is 0 Å². The number of benzene rings is 2. The van der Waals surface area contributed by atoms with Crippen LogP contribution in [0, 0.1) is 0 Å². The molecule has 0 amide bonds. The molecule has 0 N–H and O–H groups in total. The molecule has 2 aliphatic heterocycles. The van der Waals surface area contributed by atoms with Crippen LogP contribution in [0.5, 0.6) is 0 Å². The number of pyridine rings is 2. The van der Waals surface area contributed by atoms with E-state index < -0.39 is 0 Å². The first-order chi connectivity index (χ1) is 21.8. The molecule has 4 aromatic heterocycles. The van der Waals surface area contributed by atoms with Crippen LogP contribution in [0.25, 0.3) is 20.4 Å². The Bertz CT molecular complexity index is 1750. The van der Waals surface area contributed by atoms with E-state index in [-0.39, 0.29) is 34.0 Å². The lowest BCUT2D eigenvalue weighted by molar-refractivity contribution is -0.662. The fraction of sp³-hybridized carbons (Fsp3) is 0.278. The second-order valence-corrected chi connectivity index (χ2v) is 15.9. The molecule has 238 valence electrons. The third-order valence-electron chi connectivity index (χ3n) is 8.88. The lowest BCUT2D eigenvalue weighted by atomic mass is 10.2. The second kappa shape index (κ2) is 15.4. The van der Waals surface area contributed by atoms with E-state index in [0.717, 1.165) is 13.1 Å². The standard InChI is InChI=1S/C36H36N4S4.2BrH/c1-2-18-37(17-1)31-13-21-39(33-15-23-41-35(31)33)25-27-5-9-29(10-6-27)43-44-30-11-7-28(8-12-30)26-40-22-14-32(38-19-3-4-20-38)36-34(40)16-24-42-36;;/h5-16,21-24H,1-4,17-20,25-26H2;2*1H/q+2;;/p-2. The van der Waals surface area contributed by atoms with Crippen LogP contribution in [0.3, 0.4) is 0 Å². The Balaban J connectivity index is 0.00000186. The number of anilines is 2. The monoisotopic (exact) mass is 810 g/mol. The molecule has 6 heterocycles. The predicted molar refractivity (Wildman–Crippen MR) is 190 cm³/mol. The summed E-state index contributed by atoms with van der Waals surface area (Å²) in [5, 5.41) is 4.47. The minimum absolute atomic E-state index is 0. The summed E-state index contributed by atoms with van der Waals surface area (Å²) in [4.78, 5) is 7.67. The van der Waals surface area contributed by atoms with Crippen molar-refractivity contribution in [2.45, 2.75) is 48.6 Å². The topological polar surface area (TPSA) is 14.2 Å². The molecule has 8 rings (SSSR count). The molecule has 4 nitrogen and oxygen atoms in total. The number of hydrogen-bond donors (Lipinski definition) is 0. The van der Waals surface area contributed by atoms with Gasteiger partial charge in [-0.05, 0) is 60.7 Å². The molecule has 6 aromatic rings. The van der Waals surface area contributed by atoms with E-state index in [0.29, 0.717) is 0 Å². The zero-order valence-corrected chi connectivity index (χ0v) is 31.9. The predicted octanol–water partition coefficient (Wildman–Crippen LogP) is 2.80. The summed E-state index contributed by atoms with van der Waals surface area (Å²) >= 11 is 3.74. The number of nitrogens with zero attached hydrogens (tertiary/aromatic N) is 4. The summed E-state index contributed by atoms with van der Waals surface area (Å²) in [5.74, 6) is 0. The first-order valence-electron chi connectivity index (χ1n) is 15.6. The Hall–Kier alpha value is -2.08. The highest BCUT2D eigenvalue weighted by Gasteiger charge is 2.22. The number of fused-ring (bicyclic) bond motifs is 2. The molecule has 0 saturated carbocycles. The van der Waals surface area contributed by atoms with E-state index in [1.54, 1.807) is 0 Å². The molecule has 0 unspecified atom stereocenters. The lowest BCUT2D eigenvalue weighted by Gasteiger charge is -2.17. The minimum Gasteiger partial charge on any atom is -1.00 e. The van der Waals surface area contributed by atoms with Crippen LogP contribution in [0.2, 0.25) is 0 Å². The third-order valence-corrected chi connectivity index (χ3v) is 13.1. The van der Waals surface area contributed by atoms with Crippen LogP contribution in [0.4, 0.5) is 11.4 Å². The van der Waals surface area contributed by atoms with Crippen LogP contribution >= 0.6 is 44.3 Å². The van der Waals surface area contributed by atoms with E-state index in [9.17, 15) is 0 Å². The van der Waals surface area contributed by atoms with Crippen molar-refractivity contribution in [1.82, 2.24) is 0 Å². The first-order valence-corrected chi connectivity index (χ1v) is 19.5. The number of rotatable bonds is 9. The number of aromatic nitrogens is 2. The molecule has 0 bridgehead atoms. The van der Waals surface area contributed by atoms with Gasteiger partial charge in [0.15, 0.2) is 25.5 Å². The van der Waals surface area contributed by atoms with Crippen molar-refractivity contribution in [2.24, 2.45) is 0 Å². The van der Waals surface area contributed by atoms with E-state index in [1.807, 2.05) is 44.3 Å². The molecule has 2 fully saturated rings. The van der Waals surface area contributed by atoms with E-state index in [2.05, 4.69) is 115 Å². The van der Waals surface area contributed by atoms with Crippen LogP contribution in [-0.4, -0.2) is 26.2 Å². The SMILES string of the molecule is [Br-].[Br-].c1cc2c(s1)c(N1CCCC1)cc[n+]2Cc1ccc(SSc2ccc(C[n+]3ccc(N4CCCC4)c4sccc43)cc2)cc1. The van der Waals surface area contributed by atoms with Gasteiger partial charge in [0.1, 0.15) is 9.40 Å². The van der Waals surface area contributed by atoms with Crippen LogP contribution in [-0.2, 0) is 13.1 Å². The molecule has 10 heteroatoms. The second-order valence-electron chi connectivity index (χ2n) is 11.8. The quantitative estimate of drug-likeness (QED) is 0.165. The van der Waals surface area contributed by atoms with E-state index >= 15 is 0 Å². The van der Waals surface area contributed by atoms with Gasteiger partial charge in [0.05, 0.1) is 11.4 Å². The zero-order valence-electron chi connectivity index (χ0n) is 25.5. The lowest BCUT2D eigenvalue weighted by Crippen LogP contribution is -3.00. The number of hydrogen-bond acceptors (Lipinski definition) is 6. The summed E-state index contributed by atoms with van der Waals surface area (Å²) in [7, 11) is 3.66. The highest BCUT2D eigenvalue weighted by molar-refractivity contribution is 8.76. The fourth-order valence-corrected chi connectivity index (χ4v) is 10.4. The summed E-state index contributed by atoms with van der Waals surface area (Å²) in [6, 6.07) is 27.4. The number of halogens is 2. The highest BCUT2D eigenvalue weighted by atomic mass is 79.9. The Morgan fingerprint density at radius 1 is 0.522 bits per heavy atom. The molecule has 46 heavy (non-hydrogen) atoms. The van der Waals surface area contributed by atoms with Gasteiger partial charge in [0.2, 0.25) is 11.0 Å². The fourth-order valence-electron chi connectivity index (χ4n) is 6.55. The average Bonchev–Trinajstić information content (AvgIpc) is 3.89. The van der Waals surface area contributed by atoms with Crippen LogP contribution < -0.4 is 52.9 Å². The molecular formula is C36H36Br2N4S4. The van der Waals surface area contributed by atoms with Gasteiger partial charge < -0.3 is 43.8 Å². The van der Waals surface area contributed by atoms with Gasteiger partial charge in [-0.1, -0.05) is 45.9 Å². The van der Waals surface area contributed by atoms with Gasteiger partial charge in [-0.3, -0.25) is 0 Å². The maximum absolute atomic E-state index is 2.55. The molecular weight excluding hydrogens is 776 g/mol. The Morgan fingerprint density at radius 2 is 0.913 bits per heavy atom. The molecule has 0 aliphatic carbocycles. The van der Waals surface area contributed by atoms with E-state index in [4.69, 9.17) is 0 Å². The summed E-state index contributed by atoms with van der Waals surface area (Å²) in [6.45, 7) is 6.52. The molecule has 0 spiro atoms. The van der Waals surface area contributed by atoms with Gasteiger partial charge in [-0.25, -0.2) is 0 Å². The summed E-state index contributed by atoms with van der Waals surface area (Å²) in [6.07, 6.45) is 9.78. The summed E-state index contributed by atoms with van der Waals surface area (Å²) < 4.78 is 7.62. The average molecular weight is 813 g/mol. The highest BCUT2D eigenvalue weighted by Crippen LogP contribution is 2.38. The van der Waals surface area contributed by atoms with Gasteiger partial charge in [0, 0.05) is 71.4 Å². The van der Waals surface area contributed by atoms with Gasteiger partial charge in [-0.15, -0.1) is 22.7 Å². The van der Waals surface area contributed by atoms with Crippen LogP contribution in [0.15, 0.2) is 106 Å². The Kier molecular flexibility index (Phi) is 11.3. The molecule has 2 saturated heterocycles. The Labute approximate surface area is 308 Å². The largest absolute Gasteiger partial charge is 1.00 e. The molecule has 2 aliphatic rings. The zero-order chi connectivity index (χ0) is 29.3. The van der Waals surface area contributed by atoms with Crippen molar-refractivity contribution < 1.29 is 43.1 Å². The third kappa shape index (κ3) is 7.17.